The van der Waals surface area contributed by atoms with E-state index in [1.54, 1.807) is 0 Å². The largest absolute Gasteiger partial charge is 0.377 e. The van der Waals surface area contributed by atoms with E-state index in [2.05, 4.69) is 24.2 Å². The number of carbonyl (C=O) groups excluding carboxylic acids is 1. The molecule has 4 unspecified atom stereocenters. The third-order valence-electron chi connectivity index (χ3n) is 5.45. The number of hydrogen-bond donors (Lipinski definition) is 2. The minimum Gasteiger partial charge on any atom is -0.377 e. The molecule has 20 heavy (non-hydrogen) atoms. The van der Waals surface area contributed by atoms with Crippen molar-refractivity contribution < 1.29 is 9.53 Å². The molecule has 1 saturated heterocycles. The van der Waals surface area contributed by atoms with Crippen LogP contribution in [0.15, 0.2) is 0 Å². The van der Waals surface area contributed by atoms with Crippen molar-refractivity contribution in [2.75, 3.05) is 13.7 Å². The normalized spacial score (nSPS) is 41.5. The Morgan fingerprint density at radius 3 is 2.65 bits per heavy atom. The first-order chi connectivity index (χ1) is 9.52. The van der Waals surface area contributed by atoms with Gasteiger partial charge in [-0.1, -0.05) is 0 Å². The fraction of sp³-hybridized carbons (Fsp3) is 0.933. The van der Waals surface area contributed by atoms with E-state index in [-0.39, 0.29) is 5.91 Å². The average Bonchev–Trinajstić information content (AvgIpc) is 2.94. The van der Waals surface area contributed by atoms with E-state index in [0.29, 0.717) is 24.2 Å². The van der Waals surface area contributed by atoms with E-state index in [0.717, 1.165) is 32.3 Å². The standard InChI is InChI=1S/C15H27N3O2/c1-10-13(6-8-20-10)18(2)12-5-7-15(9-12,14(16)19)17-11-3-4-11/h10-13,17H,3-9H2,1-2H3,(H2,16,19). The van der Waals surface area contributed by atoms with Gasteiger partial charge in [0, 0.05) is 24.7 Å². The summed E-state index contributed by atoms with van der Waals surface area (Å²) < 4.78 is 5.67. The Hall–Kier alpha value is -0.650. The van der Waals surface area contributed by atoms with E-state index in [1.807, 2.05) is 0 Å². The van der Waals surface area contributed by atoms with E-state index in [1.165, 1.54) is 12.8 Å². The number of nitrogens with one attached hydrogen (secondary N) is 1. The summed E-state index contributed by atoms with van der Waals surface area (Å²) in [5.74, 6) is -0.170. The third-order valence-corrected chi connectivity index (χ3v) is 5.45. The molecule has 5 heteroatoms. The molecule has 4 atom stereocenters. The number of amides is 1. The van der Waals surface area contributed by atoms with Crippen LogP contribution in [-0.4, -0.2) is 54.2 Å². The lowest BCUT2D eigenvalue weighted by Crippen LogP contribution is -2.55. The molecule has 3 rings (SSSR count). The highest BCUT2D eigenvalue weighted by molar-refractivity contribution is 5.85. The fourth-order valence-electron chi connectivity index (χ4n) is 3.94. The zero-order valence-corrected chi connectivity index (χ0v) is 12.6. The van der Waals surface area contributed by atoms with Gasteiger partial charge in [-0.15, -0.1) is 0 Å². The van der Waals surface area contributed by atoms with Gasteiger partial charge in [-0.3, -0.25) is 9.69 Å². The van der Waals surface area contributed by atoms with Crippen LogP contribution < -0.4 is 11.1 Å². The molecular weight excluding hydrogens is 254 g/mol. The molecule has 0 bridgehead atoms. The van der Waals surface area contributed by atoms with E-state index in [4.69, 9.17) is 10.5 Å². The lowest BCUT2D eigenvalue weighted by molar-refractivity contribution is -0.124. The zero-order chi connectivity index (χ0) is 14.3. The molecule has 0 spiro atoms. The van der Waals surface area contributed by atoms with Crippen LogP contribution in [-0.2, 0) is 9.53 Å². The van der Waals surface area contributed by atoms with Crippen molar-refractivity contribution in [1.82, 2.24) is 10.2 Å². The summed E-state index contributed by atoms with van der Waals surface area (Å²) in [6, 6.07) is 1.42. The molecule has 0 aromatic heterocycles. The Morgan fingerprint density at radius 2 is 2.10 bits per heavy atom. The van der Waals surface area contributed by atoms with Gasteiger partial charge in [-0.05, 0) is 52.5 Å². The maximum atomic E-state index is 12.0. The van der Waals surface area contributed by atoms with E-state index >= 15 is 0 Å². The smallest absolute Gasteiger partial charge is 0.237 e. The summed E-state index contributed by atoms with van der Waals surface area (Å²) in [6.45, 7) is 3.00. The van der Waals surface area contributed by atoms with Crippen molar-refractivity contribution in [1.29, 1.82) is 0 Å². The number of primary amides is 1. The molecule has 2 saturated carbocycles. The average molecular weight is 281 g/mol. The molecule has 114 valence electrons. The summed E-state index contributed by atoms with van der Waals surface area (Å²) in [7, 11) is 2.18. The second kappa shape index (κ2) is 5.28. The van der Waals surface area contributed by atoms with Gasteiger partial charge in [0.05, 0.1) is 11.6 Å². The van der Waals surface area contributed by atoms with Crippen molar-refractivity contribution in [3.05, 3.63) is 0 Å². The van der Waals surface area contributed by atoms with Crippen LogP contribution >= 0.6 is 0 Å². The van der Waals surface area contributed by atoms with Crippen LogP contribution in [0.3, 0.4) is 0 Å². The van der Waals surface area contributed by atoms with Crippen molar-refractivity contribution in [2.24, 2.45) is 5.73 Å². The van der Waals surface area contributed by atoms with Crippen molar-refractivity contribution in [2.45, 2.75) is 75.2 Å². The SMILES string of the molecule is CC1OCCC1N(C)C1CCC(NC2CC2)(C(N)=O)C1. The first kappa shape index (κ1) is 14.3. The van der Waals surface area contributed by atoms with Crippen LogP contribution in [0.1, 0.15) is 45.4 Å². The highest BCUT2D eigenvalue weighted by Crippen LogP contribution is 2.37. The lowest BCUT2D eigenvalue weighted by Gasteiger charge is -2.34. The number of rotatable bonds is 5. The fourth-order valence-corrected chi connectivity index (χ4v) is 3.94. The topological polar surface area (TPSA) is 67.6 Å². The molecule has 5 nitrogen and oxygen atoms in total. The number of nitrogens with zero attached hydrogens (tertiary/aromatic N) is 1. The van der Waals surface area contributed by atoms with Gasteiger partial charge in [-0.2, -0.15) is 0 Å². The van der Waals surface area contributed by atoms with Gasteiger partial charge in [0.15, 0.2) is 0 Å². The second-order valence-electron chi connectivity index (χ2n) is 6.86. The Morgan fingerprint density at radius 1 is 1.35 bits per heavy atom. The number of carbonyl (C=O) groups is 1. The lowest BCUT2D eigenvalue weighted by atomic mass is 9.95. The van der Waals surface area contributed by atoms with E-state index in [9.17, 15) is 4.79 Å². The zero-order valence-electron chi connectivity index (χ0n) is 12.6. The second-order valence-corrected chi connectivity index (χ2v) is 6.86. The third kappa shape index (κ3) is 2.59. The molecule has 1 aliphatic heterocycles. The molecule has 3 aliphatic rings. The maximum Gasteiger partial charge on any atom is 0.237 e. The highest BCUT2D eigenvalue weighted by atomic mass is 16.5. The predicted octanol–water partition coefficient (Wildman–Crippen LogP) is 0.624. The van der Waals surface area contributed by atoms with Gasteiger partial charge in [0.25, 0.3) is 0 Å². The summed E-state index contributed by atoms with van der Waals surface area (Å²) >= 11 is 0. The summed E-state index contributed by atoms with van der Waals surface area (Å²) in [4.78, 5) is 14.4. The van der Waals surface area contributed by atoms with Crippen LogP contribution in [0.4, 0.5) is 0 Å². The number of hydrogen-bond acceptors (Lipinski definition) is 4. The number of likely N-dealkylation sites (N-methyl/N-ethyl adjacent to an activating group) is 1. The Kier molecular flexibility index (Phi) is 3.77. The minimum absolute atomic E-state index is 0.170. The molecule has 1 amide bonds. The first-order valence-electron chi connectivity index (χ1n) is 7.93. The maximum absolute atomic E-state index is 12.0. The molecule has 3 fully saturated rings. The molecule has 2 aliphatic carbocycles. The molecule has 0 aromatic rings. The Bertz CT molecular complexity index is 385. The monoisotopic (exact) mass is 281 g/mol. The highest BCUT2D eigenvalue weighted by Gasteiger charge is 2.48. The van der Waals surface area contributed by atoms with Crippen molar-refractivity contribution >= 4 is 5.91 Å². The Balaban J connectivity index is 1.66. The summed E-state index contributed by atoms with van der Waals surface area (Å²) in [6.07, 6.45) is 6.51. The minimum atomic E-state index is -0.469. The Labute approximate surface area is 121 Å². The van der Waals surface area contributed by atoms with Crippen LogP contribution in [0.25, 0.3) is 0 Å². The summed E-state index contributed by atoms with van der Waals surface area (Å²) in [5, 5.41) is 3.52. The molecule has 0 aromatic carbocycles. The van der Waals surface area contributed by atoms with Gasteiger partial charge in [0.1, 0.15) is 0 Å². The van der Waals surface area contributed by atoms with E-state index < -0.39 is 5.54 Å². The molecule has 0 radical (unpaired) electrons. The van der Waals surface area contributed by atoms with Crippen molar-refractivity contribution in [3.8, 4) is 0 Å². The first-order valence-corrected chi connectivity index (χ1v) is 7.93. The molecular formula is C15H27N3O2. The predicted molar refractivity (Wildman–Crippen MR) is 77.3 cm³/mol. The van der Waals surface area contributed by atoms with Gasteiger partial charge >= 0.3 is 0 Å². The van der Waals surface area contributed by atoms with Crippen LogP contribution in [0, 0.1) is 0 Å². The number of nitrogens with two attached hydrogens (primary N) is 1. The molecule has 3 N–H and O–H groups in total. The van der Waals surface area contributed by atoms with Crippen molar-refractivity contribution in [3.63, 3.8) is 0 Å². The molecule has 1 heterocycles. The number of ether oxygens (including phenoxy) is 1. The summed E-state index contributed by atoms with van der Waals surface area (Å²) in [5.41, 5.74) is 5.24. The quantitative estimate of drug-likeness (QED) is 0.775. The van der Waals surface area contributed by atoms with Crippen LogP contribution in [0.5, 0.6) is 0 Å². The van der Waals surface area contributed by atoms with Gasteiger partial charge < -0.3 is 15.8 Å². The van der Waals surface area contributed by atoms with Gasteiger partial charge in [-0.25, -0.2) is 0 Å². The van der Waals surface area contributed by atoms with Gasteiger partial charge in [0.2, 0.25) is 5.91 Å². The van der Waals surface area contributed by atoms with Crippen LogP contribution in [0.2, 0.25) is 0 Å².